The van der Waals surface area contributed by atoms with Gasteiger partial charge in [0, 0.05) is 24.5 Å². The molecule has 0 unspecified atom stereocenters. The lowest BCUT2D eigenvalue weighted by molar-refractivity contribution is 0.934. The van der Waals surface area contributed by atoms with Crippen LogP contribution in [0.25, 0.3) is 5.65 Å². The highest BCUT2D eigenvalue weighted by atomic mass is 35.5. The molecule has 0 aliphatic heterocycles. The van der Waals surface area contributed by atoms with Crippen LogP contribution in [0.1, 0.15) is 12.8 Å². The van der Waals surface area contributed by atoms with Crippen LogP contribution in [-0.4, -0.2) is 20.6 Å². The number of aromatic nitrogens is 3. The van der Waals surface area contributed by atoms with Crippen molar-refractivity contribution in [1.29, 1.82) is 0 Å². The number of imidazole rings is 1. The summed E-state index contributed by atoms with van der Waals surface area (Å²) in [5, 5.41) is 7.97. The first-order valence-electron chi connectivity index (χ1n) is 4.59. The third kappa shape index (κ3) is 1.32. The van der Waals surface area contributed by atoms with Gasteiger partial charge in [-0.1, -0.05) is 11.6 Å². The van der Waals surface area contributed by atoms with Crippen LogP contribution in [-0.2, 0) is 0 Å². The summed E-state index contributed by atoms with van der Waals surface area (Å²) in [6.45, 7) is 0. The normalized spacial score (nSPS) is 16.1. The Morgan fingerprint density at radius 1 is 1.50 bits per heavy atom. The number of nitrogens with one attached hydrogen (secondary N) is 1. The van der Waals surface area contributed by atoms with E-state index in [-0.39, 0.29) is 0 Å². The van der Waals surface area contributed by atoms with Gasteiger partial charge in [-0.15, -0.1) is 0 Å². The predicted molar refractivity (Wildman–Crippen MR) is 54.6 cm³/mol. The van der Waals surface area contributed by atoms with E-state index in [0.29, 0.717) is 11.2 Å². The molecular formula is C9H9ClN4. The molecule has 2 heterocycles. The molecule has 72 valence electrons. The first-order chi connectivity index (χ1) is 6.83. The molecule has 0 saturated heterocycles. The Labute approximate surface area is 85.9 Å². The number of nitrogens with zero attached hydrogens (tertiary/aromatic N) is 3. The number of hydrogen-bond donors (Lipinski definition) is 1. The Balaban J connectivity index is 2.13. The molecule has 0 spiro atoms. The van der Waals surface area contributed by atoms with Crippen LogP contribution in [0.3, 0.4) is 0 Å². The summed E-state index contributed by atoms with van der Waals surface area (Å²) in [6, 6.07) is 2.41. The Bertz CT molecular complexity index is 475. The second-order valence-electron chi connectivity index (χ2n) is 3.49. The van der Waals surface area contributed by atoms with E-state index in [9.17, 15) is 0 Å². The zero-order chi connectivity index (χ0) is 9.54. The van der Waals surface area contributed by atoms with Crippen molar-refractivity contribution >= 4 is 22.9 Å². The van der Waals surface area contributed by atoms with Crippen molar-refractivity contribution < 1.29 is 0 Å². The van der Waals surface area contributed by atoms with Crippen LogP contribution in [0.15, 0.2) is 18.5 Å². The van der Waals surface area contributed by atoms with Crippen molar-refractivity contribution in [2.45, 2.75) is 18.9 Å². The number of hydrogen-bond acceptors (Lipinski definition) is 3. The quantitative estimate of drug-likeness (QED) is 0.821. The van der Waals surface area contributed by atoms with Gasteiger partial charge in [0.2, 0.25) is 0 Å². The largest absolute Gasteiger partial charge is 0.379 e. The maximum absolute atomic E-state index is 5.88. The maximum atomic E-state index is 5.88. The minimum Gasteiger partial charge on any atom is -0.379 e. The minimum atomic E-state index is 0.485. The number of rotatable bonds is 2. The molecule has 0 aromatic carbocycles. The summed E-state index contributed by atoms with van der Waals surface area (Å²) in [4.78, 5) is 4.22. The third-order valence-electron chi connectivity index (χ3n) is 2.27. The highest BCUT2D eigenvalue weighted by Crippen LogP contribution is 2.27. The summed E-state index contributed by atoms with van der Waals surface area (Å²) in [5.41, 5.74) is 1.80. The van der Waals surface area contributed by atoms with Crippen molar-refractivity contribution in [3.63, 3.8) is 0 Å². The molecule has 1 fully saturated rings. The van der Waals surface area contributed by atoms with E-state index in [1.165, 1.54) is 12.8 Å². The SMILES string of the molecule is Clc1cc(NC2CC2)c2nccn2n1. The number of anilines is 1. The summed E-state index contributed by atoms with van der Waals surface area (Å²) < 4.78 is 1.69. The van der Waals surface area contributed by atoms with Gasteiger partial charge in [-0.25, -0.2) is 9.50 Å². The molecule has 0 amide bonds. The molecule has 1 N–H and O–H groups in total. The number of fused-ring (bicyclic) bond motifs is 1. The minimum absolute atomic E-state index is 0.485. The topological polar surface area (TPSA) is 42.2 Å². The summed E-state index contributed by atoms with van der Waals surface area (Å²) in [5.74, 6) is 0. The Morgan fingerprint density at radius 3 is 3.14 bits per heavy atom. The highest BCUT2D eigenvalue weighted by molar-refractivity contribution is 6.29. The Kier molecular flexibility index (Phi) is 1.64. The van der Waals surface area contributed by atoms with Gasteiger partial charge in [-0.05, 0) is 12.8 Å². The molecule has 1 saturated carbocycles. The lowest BCUT2D eigenvalue weighted by Gasteiger charge is -2.05. The van der Waals surface area contributed by atoms with Crippen LogP contribution >= 0.6 is 11.6 Å². The summed E-state index contributed by atoms with van der Waals surface area (Å²) in [7, 11) is 0. The van der Waals surface area contributed by atoms with E-state index in [2.05, 4.69) is 15.4 Å². The molecule has 3 rings (SSSR count). The monoisotopic (exact) mass is 208 g/mol. The van der Waals surface area contributed by atoms with Crippen LogP contribution in [0.5, 0.6) is 0 Å². The van der Waals surface area contributed by atoms with Crippen molar-refractivity contribution in [3.8, 4) is 0 Å². The van der Waals surface area contributed by atoms with Crippen molar-refractivity contribution in [1.82, 2.24) is 14.6 Å². The third-order valence-corrected chi connectivity index (χ3v) is 2.45. The fourth-order valence-corrected chi connectivity index (χ4v) is 1.63. The second kappa shape index (κ2) is 2.85. The standard InChI is InChI=1S/C9H9ClN4/c10-8-5-7(12-6-1-2-6)9-11-3-4-14(9)13-8/h3-6,12H,1-2H2. The van der Waals surface area contributed by atoms with Crippen LogP contribution in [0, 0.1) is 0 Å². The predicted octanol–water partition coefficient (Wildman–Crippen LogP) is 1.96. The lowest BCUT2D eigenvalue weighted by Crippen LogP contribution is -2.04. The molecule has 2 aromatic rings. The van der Waals surface area contributed by atoms with Gasteiger partial charge >= 0.3 is 0 Å². The van der Waals surface area contributed by atoms with E-state index in [0.717, 1.165) is 11.3 Å². The lowest BCUT2D eigenvalue weighted by atomic mass is 10.4. The summed E-state index contributed by atoms with van der Waals surface area (Å²) in [6.07, 6.45) is 5.97. The molecule has 0 bridgehead atoms. The van der Waals surface area contributed by atoms with E-state index < -0.39 is 0 Å². The molecule has 5 heteroatoms. The first kappa shape index (κ1) is 8.05. The van der Waals surface area contributed by atoms with Crippen molar-refractivity contribution in [2.24, 2.45) is 0 Å². The second-order valence-corrected chi connectivity index (χ2v) is 3.88. The molecule has 4 nitrogen and oxygen atoms in total. The van der Waals surface area contributed by atoms with Gasteiger partial charge in [0.25, 0.3) is 0 Å². The van der Waals surface area contributed by atoms with E-state index in [1.807, 2.05) is 6.07 Å². The Morgan fingerprint density at radius 2 is 2.36 bits per heavy atom. The average Bonchev–Trinajstić information content (AvgIpc) is 2.81. The van der Waals surface area contributed by atoms with Gasteiger partial charge in [-0.3, -0.25) is 0 Å². The van der Waals surface area contributed by atoms with Crippen molar-refractivity contribution in [3.05, 3.63) is 23.6 Å². The van der Waals surface area contributed by atoms with Gasteiger partial charge in [0.1, 0.15) is 0 Å². The molecule has 2 aromatic heterocycles. The molecule has 14 heavy (non-hydrogen) atoms. The van der Waals surface area contributed by atoms with Crippen LogP contribution in [0.4, 0.5) is 5.69 Å². The molecule has 1 aliphatic rings. The molecule has 0 atom stereocenters. The zero-order valence-corrected chi connectivity index (χ0v) is 8.20. The highest BCUT2D eigenvalue weighted by Gasteiger charge is 2.22. The maximum Gasteiger partial charge on any atom is 0.177 e. The van der Waals surface area contributed by atoms with Gasteiger partial charge in [0.05, 0.1) is 5.69 Å². The first-order valence-corrected chi connectivity index (χ1v) is 4.97. The fraction of sp³-hybridized carbons (Fsp3) is 0.333. The van der Waals surface area contributed by atoms with Gasteiger partial charge in [0.15, 0.2) is 10.8 Å². The molecule has 1 aliphatic carbocycles. The van der Waals surface area contributed by atoms with Gasteiger partial charge in [-0.2, -0.15) is 5.10 Å². The van der Waals surface area contributed by atoms with Gasteiger partial charge < -0.3 is 5.32 Å². The smallest absolute Gasteiger partial charge is 0.177 e. The zero-order valence-electron chi connectivity index (χ0n) is 7.44. The Hall–Kier alpha value is -1.29. The van der Waals surface area contributed by atoms with Crippen molar-refractivity contribution in [2.75, 3.05) is 5.32 Å². The van der Waals surface area contributed by atoms with E-state index in [1.54, 1.807) is 16.9 Å². The molecular weight excluding hydrogens is 200 g/mol. The van der Waals surface area contributed by atoms with E-state index in [4.69, 9.17) is 11.6 Å². The molecule has 0 radical (unpaired) electrons. The summed E-state index contributed by atoms with van der Waals surface area (Å²) >= 11 is 5.88. The van der Waals surface area contributed by atoms with Crippen LogP contribution < -0.4 is 5.32 Å². The van der Waals surface area contributed by atoms with E-state index >= 15 is 0 Å². The van der Waals surface area contributed by atoms with Crippen LogP contribution in [0.2, 0.25) is 5.15 Å². The average molecular weight is 209 g/mol. The number of halogens is 1. The fourth-order valence-electron chi connectivity index (χ4n) is 1.44.